The normalized spacial score (nSPS) is 6.00. The highest BCUT2D eigenvalue weighted by molar-refractivity contribution is 5.46. The van der Waals surface area contributed by atoms with Crippen molar-refractivity contribution in [3.05, 3.63) is 5.92 Å². The first-order valence-electron chi connectivity index (χ1n) is 1.62. The van der Waals surface area contributed by atoms with Crippen LogP contribution in [0.15, 0.2) is 0 Å². The topological polar surface area (TPSA) is 0 Å². The van der Waals surface area contributed by atoms with Gasteiger partial charge < -0.3 is 0 Å². The van der Waals surface area contributed by atoms with E-state index in [0.29, 0.717) is 0 Å². The van der Waals surface area contributed by atoms with E-state index in [1.165, 1.54) is 0 Å². The summed E-state index contributed by atoms with van der Waals surface area (Å²) in [6, 6.07) is 0. The second kappa shape index (κ2) is 2.89. The van der Waals surface area contributed by atoms with Gasteiger partial charge >= 0.3 is 0 Å². The fraction of sp³-hybridized carbons (Fsp3) is 0. The molecule has 0 spiro atoms. The molecule has 0 fully saturated rings. The molecule has 0 aromatic rings. The van der Waals surface area contributed by atoms with Crippen LogP contribution in [0.5, 0.6) is 0 Å². The van der Waals surface area contributed by atoms with Crippen LogP contribution in [0.1, 0.15) is 0 Å². The summed E-state index contributed by atoms with van der Waals surface area (Å²) >= 11 is 0. The van der Waals surface area contributed by atoms with Crippen LogP contribution in [0.4, 0.5) is 0 Å². The van der Waals surface area contributed by atoms with Crippen LogP contribution in [-0.2, 0) is 0 Å². The van der Waals surface area contributed by atoms with Crippen molar-refractivity contribution in [2.45, 2.75) is 0 Å². The molecule has 0 aromatic carbocycles. The monoisotopic (exact) mass is 87.0 g/mol. The maximum Gasteiger partial charge on any atom is 0.189 e. The quantitative estimate of drug-likeness (QED) is 0.376. The zero-order chi connectivity index (χ0) is 5.70. The van der Waals surface area contributed by atoms with Crippen LogP contribution in [0.25, 0.3) is 0 Å². The maximum absolute atomic E-state index is 4.82. The summed E-state index contributed by atoms with van der Waals surface area (Å²) in [5, 5.41) is 0. The molecular formula is C7H3. The Labute approximate surface area is 43.9 Å². The van der Waals surface area contributed by atoms with Gasteiger partial charge in [0.1, 0.15) is 0 Å². The molecule has 0 N–H and O–H groups in total. The van der Waals surface area contributed by atoms with E-state index in [2.05, 4.69) is 17.8 Å². The molecule has 0 aliphatic carbocycles. The third kappa shape index (κ3) is 1.53. The molecule has 1 radical (unpaired) electrons. The van der Waals surface area contributed by atoms with Crippen molar-refractivity contribution < 1.29 is 0 Å². The van der Waals surface area contributed by atoms with Gasteiger partial charge in [0, 0.05) is 0 Å². The lowest BCUT2D eigenvalue weighted by Crippen LogP contribution is -1.79. The average molecular weight is 87.1 g/mol. The van der Waals surface area contributed by atoms with Gasteiger partial charge in [-0.25, -0.2) is 0 Å². The zero-order valence-corrected chi connectivity index (χ0v) is 3.73. The Bertz CT molecular complexity index is 123. The Morgan fingerprint density at radius 2 is 1.14 bits per heavy atom. The minimum absolute atomic E-state index is 0.264. The van der Waals surface area contributed by atoms with E-state index in [1.54, 1.807) is 0 Å². The van der Waals surface area contributed by atoms with Gasteiger partial charge in [-0.05, 0) is 0 Å². The van der Waals surface area contributed by atoms with E-state index < -0.39 is 0 Å². The van der Waals surface area contributed by atoms with E-state index in [9.17, 15) is 0 Å². The molecule has 0 amide bonds. The van der Waals surface area contributed by atoms with Crippen molar-refractivity contribution in [1.82, 2.24) is 0 Å². The second-order valence-electron chi connectivity index (χ2n) is 0.808. The lowest BCUT2D eigenvalue weighted by atomic mass is 10.2. The van der Waals surface area contributed by atoms with Crippen molar-refractivity contribution in [2.75, 3.05) is 0 Å². The zero-order valence-electron chi connectivity index (χ0n) is 3.73. The minimum atomic E-state index is 0.264. The molecule has 0 heteroatoms. The van der Waals surface area contributed by atoms with Gasteiger partial charge in [0.15, 0.2) is 5.92 Å². The van der Waals surface area contributed by atoms with Gasteiger partial charge in [-0.2, -0.15) is 0 Å². The number of hydrogen-bond donors (Lipinski definition) is 0. The van der Waals surface area contributed by atoms with E-state index in [-0.39, 0.29) is 5.92 Å². The van der Waals surface area contributed by atoms with E-state index in [1.807, 2.05) is 0 Å². The summed E-state index contributed by atoms with van der Waals surface area (Å²) in [4.78, 5) is 0. The summed E-state index contributed by atoms with van der Waals surface area (Å²) in [7, 11) is 0. The summed E-state index contributed by atoms with van der Waals surface area (Å²) in [6.07, 6.45) is 14.5. The van der Waals surface area contributed by atoms with E-state index in [4.69, 9.17) is 19.3 Å². The summed E-state index contributed by atoms with van der Waals surface area (Å²) in [6.45, 7) is 0. The average Bonchev–Trinajstić information content (AvgIpc) is 1.72. The van der Waals surface area contributed by atoms with E-state index in [0.717, 1.165) is 0 Å². The van der Waals surface area contributed by atoms with Crippen LogP contribution in [-0.4, -0.2) is 0 Å². The molecule has 0 rings (SSSR count). The fourth-order valence-corrected chi connectivity index (χ4v) is 0.125. The lowest BCUT2D eigenvalue weighted by Gasteiger charge is -1.79. The Morgan fingerprint density at radius 1 is 0.857 bits per heavy atom. The van der Waals surface area contributed by atoms with Crippen LogP contribution < -0.4 is 0 Å². The van der Waals surface area contributed by atoms with Crippen molar-refractivity contribution in [1.29, 1.82) is 0 Å². The summed E-state index contributed by atoms with van der Waals surface area (Å²) < 4.78 is 0. The van der Waals surface area contributed by atoms with E-state index >= 15 is 0 Å². The first kappa shape index (κ1) is 5.68. The van der Waals surface area contributed by atoms with Crippen LogP contribution >= 0.6 is 0 Å². The molecule has 0 unspecified atom stereocenters. The molecule has 0 atom stereocenters. The van der Waals surface area contributed by atoms with Crippen LogP contribution in [0.3, 0.4) is 0 Å². The van der Waals surface area contributed by atoms with Gasteiger partial charge in [-0.3, -0.25) is 0 Å². The second-order valence-corrected chi connectivity index (χ2v) is 0.808. The predicted molar refractivity (Wildman–Crippen MR) is 29.7 cm³/mol. The van der Waals surface area contributed by atoms with Gasteiger partial charge in [0.05, 0.1) is 0 Å². The highest BCUT2D eigenvalue weighted by atomic mass is 13.8. The van der Waals surface area contributed by atoms with Gasteiger partial charge in [-0.15, -0.1) is 19.3 Å². The first-order chi connectivity index (χ1) is 3.35. The Kier molecular flexibility index (Phi) is 2.35. The standard InChI is InChI=1S/C7H3/c1-4-7(5-2)6-3/h1-3H. The molecule has 0 nitrogen and oxygen atoms in total. The largest absolute Gasteiger partial charge is 0.189 e. The SMILES string of the molecule is C#C[C](C#C)C#C. The first-order valence-corrected chi connectivity index (χ1v) is 1.62. The molecule has 31 valence electrons. The number of hydrogen-bond acceptors (Lipinski definition) is 0. The molecule has 0 saturated heterocycles. The molecular weight excluding hydrogens is 84.1 g/mol. The Morgan fingerprint density at radius 3 is 1.14 bits per heavy atom. The molecule has 0 bridgehead atoms. The third-order valence-corrected chi connectivity index (χ3v) is 0.433. The van der Waals surface area contributed by atoms with Gasteiger partial charge in [0.25, 0.3) is 0 Å². The third-order valence-electron chi connectivity index (χ3n) is 0.433. The van der Waals surface area contributed by atoms with Crippen molar-refractivity contribution in [3.8, 4) is 37.0 Å². The number of rotatable bonds is 0. The van der Waals surface area contributed by atoms with Crippen molar-refractivity contribution in [2.24, 2.45) is 0 Å². The smallest absolute Gasteiger partial charge is 0.117 e. The summed E-state index contributed by atoms with van der Waals surface area (Å²) in [5.41, 5.74) is 0. The highest BCUT2D eigenvalue weighted by Gasteiger charge is 1.88. The van der Waals surface area contributed by atoms with Gasteiger partial charge in [-0.1, -0.05) is 17.8 Å². The maximum atomic E-state index is 4.82. The van der Waals surface area contributed by atoms with Gasteiger partial charge in [0.2, 0.25) is 0 Å². The Balaban J connectivity index is 3.82. The fourth-order valence-electron chi connectivity index (χ4n) is 0.125. The molecule has 0 aliphatic rings. The lowest BCUT2D eigenvalue weighted by molar-refractivity contribution is 1.74. The minimum Gasteiger partial charge on any atom is -0.117 e. The van der Waals surface area contributed by atoms with Crippen LogP contribution in [0, 0.1) is 42.9 Å². The number of terminal acetylenes is 3. The Hall–Kier alpha value is -1.32. The molecule has 0 aromatic heterocycles. The molecule has 7 heavy (non-hydrogen) atoms. The highest BCUT2D eigenvalue weighted by Crippen LogP contribution is 1.87. The van der Waals surface area contributed by atoms with Crippen molar-refractivity contribution >= 4 is 0 Å². The van der Waals surface area contributed by atoms with Crippen molar-refractivity contribution in [3.63, 3.8) is 0 Å². The summed E-state index contributed by atoms with van der Waals surface area (Å²) in [5.74, 6) is 6.70. The molecule has 0 saturated carbocycles. The predicted octanol–water partition coefficient (Wildman–Crippen LogP) is 0.460. The molecule has 0 aliphatic heterocycles. The molecule has 0 heterocycles. The van der Waals surface area contributed by atoms with Crippen LogP contribution in [0.2, 0.25) is 0 Å².